The van der Waals surface area contributed by atoms with Gasteiger partial charge in [-0.15, -0.1) is 0 Å². The van der Waals surface area contributed by atoms with E-state index in [1.165, 1.54) is 43.2 Å². The molecule has 0 aliphatic heterocycles. The molecule has 0 amide bonds. The Labute approximate surface area is 230 Å². The highest BCUT2D eigenvalue weighted by Crippen LogP contribution is 2.68. The maximum Gasteiger partial charge on any atom is 0.0972 e. The molecule has 10 rings (SSSR count). The quantitative estimate of drug-likeness (QED) is 0.212. The van der Waals surface area contributed by atoms with E-state index >= 15 is 0 Å². The smallest absolute Gasteiger partial charge is 0.0972 e. The van der Waals surface area contributed by atoms with E-state index in [2.05, 4.69) is 86.6 Å². The average molecular weight is 507 g/mol. The summed E-state index contributed by atoms with van der Waals surface area (Å²) in [4.78, 5) is 9.93. The molecule has 0 atom stereocenters. The van der Waals surface area contributed by atoms with Crippen LogP contribution in [0.1, 0.15) is 68.2 Å². The van der Waals surface area contributed by atoms with Gasteiger partial charge in [0.15, 0.2) is 0 Å². The molecular weight excluding hydrogens is 472 g/mol. The fraction of sp³-hybridized carbons (Fsp3) is 0.351. The number of hydrogen-bond donors (Lipinski definition) is 0. The lowest BCUT2D eigenvalue weighted by atomic mass is 9.39. The molecule has 5 aromatic rings. The van der Waals surface area contributed by atoms with Crippen molar-refractivity contribution in [1.29, 1.82) is 0 Å². The van der Waals surface area contributed by atoms with Gasteiger partial charge in [0.05, 0.1) is 16.7 Å². The summed E-state index contributed by atoms with van der Waals surface area (Å²) in [5.41, 5.74) is 10.7. The minimum atomic E-state index is -0.0487. The Morgan fingerprint density at radius 1 is 0.615 bits per heavy atom. The van der Waals surface area contributed by atoms with Gasteiger partial charge in [0.2, 0.25) is 0 Å². The summed E-state index contributed by atoms with van der Waals surface area (Å²) >= 11 is 0. The van der Waals surface area contributed by atoms with Crippen LogP contribution in [0.5, 0.6) is 0 Å². The Balaban J connectivity index is 1.28. The first kappa shape index (κ1) is 22.3. The number of hydrogen-bond acceptors (Lipinski definition) is 2. The van der Waals surface area contributed by atoms with E-state index in [0.29, 0.717) is 0 Å². The van der Waals surface area contributed by atoms with E-state index in [9.17, 15) is 0 Å². The van der Waals surface area contributed by atoms with Crippen molar-refractivity contribution in [3.63, 3.8) is 0 Å². The molecule has 4 fully saturated rings. The van der Waals surface area contributed by atoms with Gasteiger partial charge in [0.25, 0.3) is 0 Å². The second-order valence-corrected chi connectivity index (χ2v) is 13.5. The van der Waals surface area contributed by atoms with Crippen LogP contribution in [-0.2, 0) is 10.8 Å². The molecule has 0 unspecified atom stereocenters. The van der Waals surface area contributed by atoms with Crippen LogP contribution in [0.25, 0.3) is 33.1 Å². The fourth-order valence-corrected chi connectivity index (χ4v) is 9.95. The molecule has 192 valence electrons. The molecule has 2 heteroatoms. The zero-order chi connectivity index (χ0) is 25.9. The van der Waals surface area contributed by atoms with Crippen LogP contribution in [0.4, 0.5) is 0 Å². The SMILES string of the molecule is CC1(C)c2ccccc2C2(c3ccc(-c4ccc5ccc6cccnc6c5n4)cc31)C1CC3CC(C1)CC2C3. The van der Waals surface area contributed by atoms with Gasteiger partial charge in [-0.2, -0.15) is 0 Å². The Morgan fingerprint density at radius 3 is 2.05 bits per heavy atom. The van der Waals surface area contributed by atoms with E-state index in [-0.39, 0.29) is 10.8 Å². The number of fused-ring (bicyclic) bond motifs is 5. The average Bonchev–Trinajstić information content (AvgIpc) is 2.96. The minimum absolute atomic E-state index is 0.0487. The first-order valence-electron chi connectivity index (χ1n) is 14.9. The van der Waals surface area contributed by atoms with E-state index in [4.69, 9.17) is 9.97 Å². The van der Waals surface area contributed by atoms with Gasteiger partial charge in [0, 0.05) is 33.4 Å². The first-order chi connectivity index (χ1) is 19.0. The van der Waals surface area contributed by atoms with Gasteiger partial charge in [-0.3, -0.25) is 4.98 Å². The van der Waals surface area contributed by atoms with Gasteiger partial charge in [-0.1, -0.05) is 74.5 Å². The van der Waals surface area contributed by atoms with Crippen LogP contribution in [0.15, 0.2) is 85.1 Å². The van der Waals surface area contributed by atoms with Crippen LogP contribution in [0.3, 0.4) is 0 Å². The number of aromatic nitrogens is 2. The summed E-state index contributed by atoms with van der Waals surface area (Å²) in [6.07, 6.45) is 9.01. The summed E-state index contributed by atoms with van der Waals surface area (Å²) in [6.45, 7) is 4.89. The molecule has 1 spiro atoms. The fourth-order valence-electron chi connectivity index (χ4n) is 9.95. The standard InChI is InChI=1S/C37H34N2/c1-36(2)29-7-3-4-8-30(29)37(27-17-22-16-23(19-27)20-28(37)18-22)31-13-11-26(21-32(31)36)33-14-12-25-10-9-24-6-5-15-38-34(24)35(25)39-33/h3-15,21-23,27-28H,16-20H2,1-2H3. The molecule has 0 saturated heterocycles. The summed E-state index contributed by atoms with van der Waals surface area (Å²) < 4.78 is 0. The van der Waals surface area contributed by atoms with Crippen molar-refractivity contribution < 1.29 is 0 Å². The second kappa shape index (κ2) is 7.56. The number of pyridine rings is 2. The Kier molecular flexibility index (Phi) is 4.33. The lowest BCUT2D eigenvalue weighted by molar-refractivity contribution is -0.0443. The molecule has 4 saturated carbocycles. The number of benzene rings is 3. The largest absolute Gasteiger partial charge is 0.254 e. The lowest BCUT2D eigenvalue weighted by Crippen LogP contribution is -2.58. The molecule has 2 heterocycles. The second-order valence-electron chi connectivity index (χ2n) is 13.5. The molecule has 39 heavy (non-hydrogen) atoms. The molecule has 5 aliphatic carbocycles. The zero-order valence-electron chi connectivity index (χ0n) is 22.8. The maximum absolute atomic E-state index is 5.23. The zero-order valence-corrected chi connectivity index (χ0v) is 22.8. The van der Waals surface area contributed by atoms with Crippen LogP contribution >= 0.6 is 0 Å². The van der Waals surface area contributed by atoms with E-state index in [1.807, 2.05) is 12.3 Å². The van der Waals surface area contributed by atoms with Gasteiger partial charge in [0.1, 0.15) is 0 Å². The lowest BCUT2D eigenvalue weighted by Gasteiger charge is -2.64. The van der Waals surface area contributed by atoms with E-state index in [0.717, 1.165) is 51.2 Å². The normalized spacial score (nSPS) is 29.6. The van der Waals surface area contributed by atoms with Crippen LogP contribution in [-0.4, -0.2) is 9.97 Å². The van der Waals surface area contributed by atoms with Gasteiger partial charge >= 0.3 is 0 Å². The Hall–Kier alpha value is -3.52. The van der Waals surface area contributed by atoms with Crippen molar-refractivity contribution in [1.82, 2.24) is 9.97 Å². The highest BCUT2D eigenvalue weighted by molar-refractivity contribution is 6.03. The van der Waals surface area contributed by atoms with Crippen molar-refractivity contribution in [3.8, 4) is 11.3 Å². The number of rotatable bonds is 1. The molecule has 0 radical (unpaired) electrons. The third-order valence-corrected chi connectivity index (χ3v) is 11.3. The highest BCUT2D eigenvalue weighted by atomic mass is 14.8. The summed E-state index contributed by atoms with van der Waals surface area (Å²) in [6, 6.07) is 29.8. The molecule has 2 nitrogen and oxygen atoms in total. The first-order valence-corrected chi connectivity index (χ1v) is 14.9. The Morgan fingerprint density at radius 2 is 1.28 bits per heavy atom. The molecule has 5 aliphatic rings. The van der Waals surface area contributed by atoms with E-state index < -0.39 is 0 Å². The van der Waals surface area contributed by atoms with Gasteiger partial charge in [-0.25, -0.2) is 4.98 Å². The molecular formula is C37H34N2. The highest BCUT2D eigenvalue weighted by Gasteiger charge is 2.61. The van der Waals surface area contributed by atoms with Crippen molar-refractivity contribution in [2.45, 2.75) is 56.8 Å². The van der Waals surface area contributed by atoms with Gasteiger partial charge in [-0.05, 0) is 96.2 Å². The van der Waals surface area contributed by atoms with Crippen LogP contribution in [0, 0.1) is 23.7 Å². The summed E-state index contributed by atoms with van der Waals surface area (Å²) in [7, 11) is 0. The summed E-state index contributed by atoms with van der Waals surface area (Å²) in [5.74, 6) is 3.44. The maximum atomic E-state index is 5.23. The summed E-state index contributed by atoms with van der Waals surface area (Å²) in [5, 5.41) is 2.28. The van der Waals surface area contributed by atoms with Crippen molar-refractivity contribution >= 4 is 21.8 Å². The minimum Gasteiger partial charge on any atom is -0.254 e. The van der Waals surface area contributed by atoms with Crippen molar-refractivity contribution in [2.75, 3.05) is 0 Å². The van der Waals surface area contributed by atoms with Crippen LogP contribution < -0.4 is 0 Å². The topological polar surface area (TPSA) is 25.8 Å². The van der Waals surface area contributed by atoms with Crippen molar-refractivity contribution in [2.24, 2.45) is 23.7 Å². The Bertz CT molecular complexity index is 1780. The number of nitrogens with zero attached hydrogens (tertiary/aromatic N) is 2. The monoisotopic (exact) mass is 506 g/mol. The molecule has 3 aromatic carbocycles. The third kappa shape index (κ3) is 2.82. The molecule has 2 aromatic heterocycles. The third-order valence-electron chi connectivity index (χ3n) is 11.3. The predicted octanol–water partition coefficient (Wildman–Crippen LogP) is 8.83. The van der Waals surface area contributed by atoms with Gasteiger partial charge < -0.3 is 0 Å². The van der Waals surface area contributed by atoms with Crippen LogP contribution in [0.2, 0.25) is 0 Å². The predicted molar refractivity (Wildman–Crippen MR) is 159 cm³/mol. The van der Waals surface area contributed by atoms with Crippen molar-refractivity contribution in [3.05, 3.63) is 107 Å². The van der Waals surface area contributed by atoms with E-state index in [1.54, 1.807) is 16.7 Å². The molecule has 0 N–H and O–H groups in total. The molecule has 4 bridgehead atoms.